The quantitative estimate of drug-likeness (QED) is 0.652. The van der Waals surface area contributed by atoms with E-state index in [0.717, 1.165) is 18.2 Å². The highest BCUT2D eigenvalue weighted by molar-refractivity contribution is 6.13. The van der Waals surface area contributed by atoms with Gasteiger partial charge in [-0.05, 0) is 48.0 Å². The van der Waals surface area contributed by atoms with Crippen LogP contribution in [-0.4, -0.2) is 6.54 Å². The molecule has 0 heterocycles. The average molecular weight is 286 g/mol. The summed E-state index contributed by atoms with van der Waals surface area (Å²) < 4.78 is 63.1. The molecule has 1 aromatic carbocycles. The molecule has 0 atom stereocenters. The Bertz CT molecular complexity index is 442. The Labute approximate surface area is 105 Å². The SMILES string of the molecule is F/C(=C/Cc1cc(F)cc(C(F)(F)F)c1)CNCl. The van der Waals surface area contributed by atoms with Crippen molar-refractivity contribution >= 4 is 11.8 Å². The normalized spacial score (nSPS) is 12.9. The Hall–Kier alpha value is -1.14. The van der Waals surface area contributed by atoms with Crippen molar-refractivity contribution in [1.29, 1.82) is 0 Å². The highest BCUT2D eigenvalue weighted by atomic mass is 35.5. The summed E-state index contributed by atoms with van der Waals surface area (Å²) in [6.45, 7) is -0.247. The van der Waals surface area contributed by atoms with Crippen molar-refractivity contribution in [3.05, 3.63) is 47.0 Å². The van der Waals surface area contributed by atoms with E-state index < -0.39 is 23.4 Å². The summed E-state index contributed by atoms with van der Waals surface area (Å²) in [4.78, 5) is 2.03. The van der Waals surface area contributed by atoms with Crippen LogP contribution in [0.1, 0.15) is 11.1 Å². The van der Waals surface area contributed by atoms with Crippen LogP contribution in [0.3, 0.4) is 0 Å². The molecule has 0 saturated carbocycles. The van der Waals surface area contributed by atoms with Crippen molar-refractivity contribution in [2.45, 2.75) is 12.6 Å². The first-order valence-electron chi connectivity index (χ1n) is 4.87. The third-order valence-electron chi connectivity index (χ3n) is 2.08. The van der Waals surface area contributed by atoms with Crippen molar-refractivity contribution in [1.82, 2.24) is 4.84 Å². The van der Waals surface area contributed by atoms with Crippen LogP contribution in [0, 0.1) is 5.82 Å². The van der Waals surface area contributed by atoms with Gasteiger partial charge in [-0.15, -0.1) is 0 Å². The molecule has 0 spiro atoms. The molecule has 0 bridgehead atoms. The van der Waals surface area contributed by atoms with Crippen molar-refractivity contribution in [2.75, 3.05) is 6.54 Å². The summed E-state index contributed by atoms with van der Waals surface area (Å²) in [7, 11) is 0. The molecule has 0 aliphatic heterocycles. The number of halogens is 6. The molecule has 0 radical (unpaired) electrons. The molecule has 0 unspecified atom stereocenters. The number of allylic oxidation sites excluding steroid dienone is 1. The van der Waals surface area contributed by atoms with Crippen molar-refractivity contribution in [3.63, 3.8) is 0 Å². The van der Waals surface area contributed by atoms with E-state index >= 15 is 0 Å². The number of hydrogen-bond donors (Lipinski definition) is 1. The molecule has 1 rings (SSSR count). The van der Waals surface area contributed by atoms with Gasteiger partial charge in [-0.3, -0.25) is 0 Å². The summed E-state index contributed by atoms with van der Waals surface area (Å²) in [5.74, 6) is -1.65. The van der Waals surface area contributed by atoms with E-state index in [9.17, 15) is 22.0 Å². The van der Waals surface area contributed by atoms with Crippen LogP contribution in [0.5, 0.6) is 0 Å². The van der Waals surface area contributed by atoms with Gasteiger partial charge in [0.05, 0.1) is 12.1 Å². The van der Waals surface area contributed by atoms with Crippen molar-refractivity contribution in [3.8, 4) is 0 Å². The summed E-state index contributed by atoms with van der Waals surface area (Å²) in [5.41, 5.74) is -1.06. The number of rotatable bonds is 4. The number of hydrogen-bond acceptors (Lipinski definition) is 1. The summed E-state index contributed by atoms with van der Waals surface area (Å²) in [6, 6.07) is 2.10. The minimum absolute atomic E-state index is 0.0343. The zero-order valence-electron chi connectivity index (χ0n) is 8.99. The third kappa shape index (κ3) is 4.62. The van der Waals surface area contributed by atoms with E-state index in [1.54, 1.807) is 0 Å². The van der Waals surface area contributed by atoms with Crippen molar-refractivity contribution in [2.24, 2.45) is 0 Å². The van der Waals surface area contributed by atoms with Crippen LogP contribution in [0.15, 0.2) is 30.1 Å². The molecule has 18 heavy (non-hydrogen) atoms. The standard InChI is InChI=1S/C11H9ClF5N/c12-18-6-9(13)2-1-7-3-8(11(15,16)17)5-10(14)4-7/h2-5,18H,1,6H2/b9-2+. The first kappa shape index (κ1) is 14.9. The number of benzene rings is 1. The zero-order chi connectivity index (χ0) is 13.8. The summed E-state index contributed by atoms with van der Waals surface area (Å²) in [6.07, 6.45) is -3.74. The second-order valence-corrected chi connectivity index (χ2v) is 3.78. The Kier molecular flexibility index (Phi) is 5.10. The van der Waals surface area contributed by atoms with E-state index in [0.29, 0.717) is 6.07 Å². The van der Waals surface area contributed by atoms with Crippen LogP contribution in [-0.2, 0) is 12.6 Å². The van der Waals surface area contributed by atoms with E-state index in [4.69, 9.17) is 11.8 Å². The molecule has 0 aliphatic carbocycles. The van der Waals surface area contributed by atoms with Crippen LogP contribution < -0.4 is 4.84 Å². The lowest BCUT2D eigenvalue weighted by molar-refractivity contribution is -0.137. The Morgan fingerprint density at radius 3 is 2.50 bits per heavy atom. The molecule has 7 heteroatoms. The largest absolute Gasteiger partial charge is 0.416 e. The monoisotopic (exact) mass is 285 g/mol. The first-order valence-corrected chi connectivity index (χ1v) is 5.25. The van der Waals surface area contributed by atoms with Crippen LogP contribution in [0.25, 0.3) is 0 Å². The topological polar surface area (TPSA) is 12.0 Å². The molecule has 0 aromatic heterocycles. The van der Waals surface area contributed by atoms with Crippen molar-refractivity contribution < 1.29 is 22.0 Å². The van der Waals surface area contributed by atoms with Crippen LogP contribution in [0.2, 0.25) is 0 Å². The predicted molar refractivity (Wildman–Crippen MR) is 58.2 cm³/mol. The highest BCUT2D eigenvalue weighted by Gasteiger charge is 2.31. The predicted octanol–water partition coefficient (Wildman–Crippen LogP) is 3.98. The second-order valence-electron chi connectivity index (χ2n) is 3.51. The fourth-order valence-corrected chi connectivity index (χ4v) is 1.42. The Balaban J connectivity index is 2.91. The fourth-order valence-electron chi connectivity index (χ4n) is 1.30. The lowest BCUT2D eigenvalue weighted by atomic mass is 10.1. The number of nitrogens with one attached hydrogen (secondary N) is 1. The molecule has 100 valence electrons. The molecular weight excluding hydrogens is 277 g/mol. The van der Waals surface area contributed by atoms with Gasteiger partial charge >= 0.3 is 6.18 Å². The van der Waals surface area contributed by atoms with E-state index in [-0.39, 0.29) is 18.5 Å². The molecular formula is C11H9ClF5N. The van der Waals surface area contributed by atoms with E-state index in [1.807, 2.05) is 4.84 Å². The van der Waals surface area contributed by atoms with Gasteiger partial charge in [0.1, 0.15) is 11.6 Å². The number of alkyl halides is 3. The minimum atomic E-state index is -4.63. The zero-order valence-corrected chi connectivity index (χ0v) is 9.75. The maximum absolute atomic E-state index is 13.0. The molecule has 0 amide bonds. The average Bonchev–Trinajstić information content (AvgIpc) is 2.25. The molecule has 0 fully saturated rings. The highest BCUT2D eigenvalue weighted by Crippen LogP contribution is 2.30. The van der Waals surface area contributed by atoms with Crippen LogP contribution >= 0.6 is 11.8 Å². The Morgan fingerprint density at radius 2 is 1.94 bits per heavy atom. The van der Waals surface area contributed by atoms with Gasteiger partial charge in [-0.25, -0.2) is 13.6 Å². The molecule has 1 aromatic rings. The molecule has 1 nitrogen and oxygen atoms in total. The van der Waals surface area contributed by atoms with Gasteiger partial charge in [0.25, 0.3) is 0 Å². The van der Waals surface area contributed by atoms with Gasteiger partial charge in [0.15, 0.2) is 0 Å². The Morgan fingerprint density at radius 1 is 1.28 bits per heavy atom. The van der Waals surface area contributed by atoms with Gasteiger partial charge in [-0.1, -0.05) is 0 Å². The lowest BCUT2D eigenvalue weighted by Crippen LogP contribution is -2.06. The maximum Gasteiger partial charge on any atom is 0.416 e. The molecule has 1 N–H and O–H groups in total. The smallest absolute Gasteiger partial charge is 0.227 e. The van der Waals surface area contributed by atoms with Gasteiger partial charge in [0, 0.05) is 0 Å². The summed E-state index contributed by atoms with van der Waals surface area (Å²) >= 11 is 5.05. The fraction of sp³-hybridized carbons (Fsp3) is 0.273. The third-order valence-corrected chi connectivity index (χ3v) is 2.21. The maximum atomic E-state index is 13.0. The second kappa shape index (κ2) is 6.15. The molecule has 0 aliphatic rings. The molecule has 0 saturated heterocycles. The van der Waals surface area contributed by atoms with Crippen LogP contribution in [0.4, 0.5) is 22.0 Å². The van der Waals surface area contributed by atoms with E-state index in [2.05, 4.69) is 0 Å². The first-order chi connectivity index (χ1) is 8.32. The lowest BCUT2D eigenvalue weighted by Gasteiger charge is -2.08. The van der Waals surface area contributed by atoms with Gasteiger partial charge in [-0.2, -0.15) is 13.2 Å². The summed E-state index contributed by atoms with van der Waals surface area (Å²) in [5, 5.41) is 0. The van der Waals surface area contributed by atoms with Gasteiger partial charge in [0.2, 0.25) is 0 Å². The van der Waals surface area contributed by atoms with E-state index in [1.165, 1.54) is 0 Å². The minimum Gasteiger partial charge on any atom is -0.227 e. The van der Waals surface area contributed by atoms with Gasteiger partial charge < -0.3 is 0 Å².